The Bertz CT molecular complexity index is 763. The van der Waals surface area contributed by atoms with Crippen LogP contribution in [0.4, 0.5) is 0 Å². The molecule has 0 spiro atoms. The lowest BCUT2D eigenvalue weighted by Gasteiger charge is -2.32. The van der Waals surface area contributed by atoms with E-state index in [9.17, 15) is 14.4 Å². The molecule has 7 nitrogen and oxygen atoms in total. The first-order chi connectivity index (χ1) is 12.5. The van der Waals surface area contributed by atoms with E-state index in [4.69, 9.17) is 0 Å². The summed E-state index contributed by atoms with van der Waals surface area (Å²) in [5.74, 6) is -0.870. The Morgan fingerprint density at radius 1 is 1.11 bits per heavy atom. The first kappa shape index (κ1) is 19.8. The van der Waals surface area contributed by atoms with Crippen molar-refractivity contribution < 1.29 is 14.4 Å². The van der Waals surface area contributed by atoms with Gasteiger partial charge >= 0.3 is 0 Å². The van der Waals surface area contributed by atoms with Gasteiger partial charge in [0.2, 0.25) is 5.91 Å². The van der Waals surface area contributed by atoms with Gasteiger partial charge in [-0.3, -0.25) is 24.2 Å². The molecular weight excluding hydrogens is 368 g/mol. The molecule has 3 aliphatic rings. The number of benzene rings is 1. The predicted molar refractivity (Wildman–Crippen MR) is 103 cm³/mol. The molecule has 3 aliphatic heterocycles. The highest BCUT2D eigenvalue weighted by Crippen LogP contribution is 2.24. The molecule has 3 heterocycles. The lowest BCUT2D eigenvalue weighted by molar-refractivity contribution is -0.130. The summed E-state index contributed by atoms with van der Waals surface area (Å²) in [5.41, 5.74) is 1.73. The molecule has 0 aliphatic carbocycles. The van der Waals surface area contributed by atoms with Crippen molar-refractivity contribution in [1.82, 2.24) is 20.0 Å². The molecule has 1 N–H and O–H groups in total. The van der Waals surface area contributed by atoms with Crippen LogP contribution in [0.25, 0.3) is 0 Å². The van der Waals surface area contributed by atoms with Crippen molar-refractivity contribution in [3.8, 4) is 0 Å². The van der Waals surface area contributed by atoms with Gasteiger partial charge in [0.25, 0.3) is 11.8 Å². The molecule has 1 aromatic carbocycles. The quantitative estimate of drug-likeness (QED) is 0.759. The number of carbonyl (C=O) groups excluding carboxylic acids is 3. The van der Waals surface area contributed by atoms with Crippen molar-refractivity contribution in [2.24, 2.45) is 0 Å². The Morgan fingerprint density at radius 3 is 2.56 bits per heavy atom. The molecule has 1 unspecified atom stereocenters. The summed E-state index contributed by atoms with van der Waals surface area (Å²) in [5, 5.41) is 3.34. The molecule has 146 valence electrons. The van der Waals surface area contributed by atoms with Gasteiger partial charge in [-0.2, -0.15) is 0 Å². The predicted octanol–water partition coefficient (Wildman–Crippen LogP) is 0.519. The summed E-state index contributed by atoms with van der Waals surface area (Å²) in [7, 11) is 0. The van der Waals surface area contributed by atoms with E-state index in [0.717, 1.165) is 43.1 Å². The Hall–Kier alpha value is -1.96. The monoisotopic (exact) mass is 392 g/mol. The maximum Gasteiger partial charge on any atom is 0.262 e. The number of fused-ring (bicyclic) bond motifs is 1. The Morgan fingerprint density at radius 2 is 1.81 bits per heavy atom. The van der Waals surface area contributed by atoms with Crippen LogP contribution < -0.4 is 5.32 Å². The highest BCUT2D eigenvalue weighted by atomic mass is 35.5. The number of nitrogens with zero attached hydrogens (tertiary/aromatic N) is 3. The van der Waals surface area contributed by atoms with Gasteiger partial charge in [0.05, 0.1) is 11.1 Å². The lowest BCUT2D eigenvalue weighted by atomic mass is 10.1. The summed E-state index contributed by atoms with van der Waals surface area (Å²) in [6.07, 6.45) is 0.951. The average molecular weight is 393 g/mol. The molecule has 2 saturated heterocycles. The van der Waals surface area contributed by atoms with Gasteiger partial charge in [0, 0.05) is 45.3 Å². The molecule has 4 rings (SSSR count). The molecule has 0 saturated carbocycles. The largest absolute Gasteiger partial charge is 0.340 e. The number of piperazine rings is 1. The number of nitrogens with one attached hydrogen (secondary N) is 1. The van der Waals surface area contributed by atoms with Crippen molar-refractivity contribution in [2.45, 2.75) is 19.4 Å². The fraction of sp³-hybridized carbons (Fsp3) is 0.526. The topological polar surface area (TPSA) is 73.0 Å². The van der Waals surface area contributed by atoms with E-state index < -0.39 is 0 Å². The number of rotatable bonds is 3. The summed E-state index contributed by atoms with van der Waals surface area (Å²) >= 11 is 0. The first-order valence-corrected chi connectivity index (χ1v) is 9.24. The van der Waals surface area contributed by atoms with Crippen molar-refractivity contribution in [2.75, 3.05) is 45.8 Å². The second kappa shape index (κ2) is 7.96. The van der Waals surface area contributed by atoms with Gasteiger partial charge in [-0.05, 0) is 25.5 Å². The van der Waals surface area contributed by atoms with Gasteiger partial charge < -0.3 is 10.2 Å². The van der Waals surface area contributed by atoms with Crippen LogP contribution in [-0.2, 0) is 4.79 Å². The van der Waals surface area contributed by atoms with Crippen molar-refractivity contribution in [3.63, 3.8) is 0 Å². The number of imide groups is 1. The zero-order valence-corrected chi connectivity index (χ0v) is 16.3. The van der Waals surface area contributed by atoms with Crippen molar-refractivity contribution >= 4 is 30.1 Å². The maximum atomic E-state index is 12.7. The molecule has 3 amide bonds. The molecule has 2 fully saturated rings. The molecule has 1 atom stereocenters. The second-order valence-electron chi connectivity index (χ2n) is 7.31. The number of aryl methyl sites for hydroxylation is 1. The summed E-state index contributed by atoms with van der Waals surface area (Å²) in [6.45, 7) is 7.07. The average Bonchev–Trinajstić information content (AvgIpc) is 3.23. The van der Waals surface area contributed by atoms with Gasteiger partial charge in [-0.1, -0.05) is 11.6 Å². The van der Waals surface area contributed by atoms with Crippen LogP contribution >= 0.6 is 12.4 Å². The highest BCUT2D eigenvalue weighted by Gasteiger charge is 2.38. The van der Waals surface area contributed by atoms with E-state index in [0.29, 0.717) is 30.3 Å². The van der Waals surface area contributed by atoms with Gasteiger partial charge in [-0.15, -0.1) is 12.4 Å². The van der Waals surface area contributed by atoms with Gasteiger partial charge in [0.1, 0.15) is 6.54 Å². The molecular formula is C19H25ClN4O3. The van der Waals surface area contributed by atoms with Crippen LogP contribution in [0.15, 0.2) is 18.2 Å². The SMILES string of the molecule is Cc1ccc2c(c1)C(=O)N(CC(=O)N1CCC(N3CCNCC3)C1)C2=O.Cl. The normalized spacial score (nSPS) is 22.8. The fourth-order valence-electron chi connectivity index (χ4n) is 4.10. The van der Waals surface area contributed by atoms with Crippen LogP contribution in [-0.4, -0.2) is 84.3 Å². The van der Waals surface area contributed by atoms with Gasteiger partial charge in [-0.25, -0.2) is 0 Å². The third kappa shape index (κ3) is 3.72. The molecule has 1 aromatic rings. The zero-order valence-electron chi connectivity index (χ0n) is 15.4. The minimum Gasteiger partial charge on any atom is -0.340 e. The number of halogens is 1. The van der Waals surface area contributed by atoms with E-state index in [-0.39, 0.29) is 36.7 Å². The first-order valence-electron chi connectivity index (χ1n) is 9.24. The summed E-state index contributed by atoms with van der Waals surface area (Å²) in [4.78, 5) is 43.0. The Labute approximate surface area is 165 Å². The molecule has 0 aromatic heterocycles. The zero-order chi connectivity index (χ0) is 18.3. The van der Waals surface area contributed by atoms with Crippen LogP contribution in [0.5, 0.6) is 0 Å². The van der Waals surface area contributed by atoms with Crippen LogP contribution in [0, 0.1) is 6.92 Å². The third-order valence-electron chi connectivity index (χ3n) is 5.60. The van der Waals surface area contributed by atoms with Gasteiger partial charge in [0.15, 0.2) is 0 Å². The van der Waals surface area contributed by atoms with E-state index in [1.54, 1.807) is 17.0 Å². The fourth-order valence-corrected chi connectivity index (χ4v) is 4.10. The van der Waals surface area contributed by atoms with E-state index >= 15 is 0 Å². The number of likely N-dealkylation sites (tertiary alicyclic amines) is 1. The lowest BCUT2D eigenvalue weighted by Crippen LogP contribution is -2.50. The highest BCUT2D eigenvalue weighted by molar-refractivity contribution is 6.22. The standard InChI is InChI=1S/C19H24N4O3.ClH/c1-13-2-3-15-16(10-13)19(26)23(18(15)25)12-17(24)22-7-4-14(11-22)21-8-5-20-6-9-21;/h2-3,10,14,20H,4-9,11-12H2,1H3;1H. The van der Waals surface area contributed by atoms with E-state index in [1.807, 2.05) is 13.0 Å². The molecule has 0 radical (unpaired) electrons. The Kier molecular flexibility index (Phi) is 5.83. The number of amides is 3. The van der Waals surface area contributed by atoms with Crippen molar-refractivity contribution in [1.29, 1.82) is 0 Å². The number of hydrogen-bond donors (Lipinski definition) is 1. The third-order valence-corrected chi connectivity index (χ3v) is 5.60. The van der Waals surface area contributed by atoms with E-state index in [2.05, 4.69) is 10.2 Å². The van der Waals surface area contributed by atoms with E-state index in [1.165, 1.54) is 0 Å². The minimum atomic E-state index is -0.365. The molecule has 0 bridgehead atoms. The Balaban J connectivity index is 0.00000210. The molecule has 27 heavy (non-hydrogen) atoms. The second-order valence-corrected chi connectivity index (χ2v) is 7.31. The van der Waals surface area contributed by atoms with Crippen molar-refractivity contribution in [3.05, 3.63) is 34.9 Å². The van der Waals surface area contributed by atoms with Crippen LogP contribution in [0.3, 0.4) is 0 Å². The molecule has 8 heteroatoms. The minimum absolute atomic E-state index is 0. The smallest absolute Gasteiger partial charge is 0.262 e. The maximum absolute atomic E-state index is 12.7. The number of carbonyl (C=O) groups is 3. The summed E-state index contributed by atoms with van der Waals surface area (Å²) in [6, 6.07) is 5.58. The van der Waals surface area contributed by atoms with Crippen LogP contribution in [0.1, 0.15) is 32.7 Å². The van der Waals surface area contributed by atoms with Crippen LogP contribution in [0.2, 0.25) is 0 Å². The number of hydrogen-bond acceptors (Lipinski definition) is 5. The summed E-state index contributed by atoms with van der Waals surface area (Å²) < 4.78 is 0.